The number of sulfonamides is 1. The van der Waals surface area contributed by atoms with Crippen molar-refractivity contribution in [3.05, 3.63) is 47.9 Å². The standard InChI is InChI=1S/C11H8F3N3O2S/c12-6-1-2-10(16-5-6)17-20(18,19)9-4-7(15)3-8(13)11(9)14/h1-5H,15H2,(H,16,17). The number of nitrogens with one attached hydrogen (secondary N) is 1. The molecule has 1 aromatic heterocycles. The Morgan fingerprint density at radius 2 is 1.85 bits per heavy atom. The number of nitrogens with zero attached hydrogens (tertiary/aromatic N) is 1. The average molecular weight is 303 g/mol. The number of hydrogen-bond acceptors (Lipinski definition) is 4. The van der Waals surface area contributed by atoms with Gasteiger partial charge in [0.2, 0.25) is 0 Å². The van der Waals surface area contributed by atoms with Gasteiger partial charge in [-0.3, -0.25) is 4.72 Å². The summed E-state index contributed by atoms with van der Waals surface area (Å²) in [7, 11) is -4.43. The lowest BCUT2D eigenvalue weighted by Gasteiger charge is -2.09. The Bertz CT molecular complexity index is 748. The van der Waals surface area contributed by atoms with E-state index >= 15 is 0 Å². The largest absolute Gasteiger partial charge is 0.399 e. The minimum absolute atomic E-state index is 0.242. The van der Waals surface area contributed by atoms with E-state index < -0.39 is 32.4 Å². The number of nitrogens with two attached hydrogens (primary N) is 1. The third-order valence-electron chi connectivity index (χ3n) is 2.27. The fourth-order valence-electron chi connectivity index (χ4n) is 1.41. The molecule has 0 aliphatic rings. The maximum Gasteiger partial charge on any atom is 0.266 e. The van der Waals surface area contributed by atoms with E-state index in [0.29, 0.717) is 6.07 Å². The van der Waals surface area contributed by atoms with Crippen LogP contribution in [0.15, 0.2) is 35.4 Å². The summed E-state index contributed by atoms with van der Waals surface area (Å²) in [5.41, 5.74) is 5.02. The zero-order chi connectivity index (χ0) is 14.9. The van der Waals surface area contributed by atoms with Crippen LogP contribution in [-0.2, 0) is 10.0 Å². The maximum atomic E-state index is 13.5. The summed E-state index contributed by atoms with van der Waals surface area (Å²) in [5.74, 6) is -3.87. The number of anilines is 2. The van der Waals surface area contributed by atoms with Crippen LogP contribution in [0.1, 0.15) is 0 Å². The average Bonchev–Trinajstić information content (AvgIpc) is 2.36. The Morgan fingerprint density at radius 3 is 2.45 bits per heavy atom. The molecule has 9 heteroatoms. The molecule has 2 rings (SSSR count). The van der Waals surface area contributed by atoms with Crippen molar-refractivity contribution in [1.82, 2.24) is 4.98 Å². The van der Waals surface area contributed by atoms with E-state index in [4.69, 9.17) is 5.73 Å². The van der Waals surface area contributed by atoms with Gasteiger partial charge in [-0.25, -0.2) is 26.6 Å². The predicted molar refractivity (Wildman–Crippen MR) is 65.8 cm³/mol. The Balaban J connectivity index is 2.43. The lowest BCUT2D eigenvalue weighted by Crippen LogP contribution is -2.16. The molecule has 2 aromatic rings. The molecular weight excluding hydrogens is 295 g/mol. The molecule has 1 heterocycles. The summed E-state index contributed by atoms with van der Waals surface area (Å²) < 4.78 is 65.0. The molecule has 0 unspecified atom stereocenters. The molecule has 0 aliphatic heterocycles. The van der Waals surface area contributed by atoms with Crippen LogP contribution in [0.5, 0.6) is 0 Å². The van der Waals surface area contributed by atoms with Crippen molar-refractivity contribution >= 4 is 21.5 Å². The molecule has 0 saturated heterocycles. The summed E-state index contributed by atoms with van der Waals surface area (Å²) >= 11 is 0. The quantitative estimate of drug-likeness (QED) is 0.848. The fourth-order valence-corrected chi connectivity index (χ4v) is 2.54. The van der Waals surface area contributed by atoms with Crippen LogP contribution in [0.25, 0.3) is 0 Å². The molecule has 0 spiro atoms. The number of nitrogen functional groups attached to an aromatic ring is 1. The molecule has 0 aliphatic carbocycles. The smallest absolute Gasteiger partial charge is 0.266 e. The minimum Gasteiger partial charge on any atom is -0.399 e. The lowest BCUT2D eigenvalue weighted by atomic mass is 10.3. The second-order valence-corrected chi connectivity index (χ2v) is 5.43. The van der Waals surface area contributed by atoms with E-state index in [1.165, 1.54) is 0 Å². The topological polar surface area (TPSA) is 85.1 Å². The molecule has 106 valence electrons. The number of benzene rings is 1. The van der Waals surface area contributed by atoms with Gasteiger partial charge in [0.25, 0.3) is 10.0 Å². The van der Waals surface area contributed by atoms with E-state index in [0.717, 1.165) is 24.4 Å². The number of pyridine rings is 1. The molecule has 0 fully saturated rings. The van der Waals surface area contributed by atoms with E-state index in [2.05, 4.69) is 4.98 Å². The SMILES string of the molecule is Nc1cc(F)c(F)c(S(=O)(=O)Nc2ccc(F)cn2)c1. The predicted octanol–water partition coefficient (Wildman–Crippen LogP) is 1.88. The maximum absolute atomic E-state index is 13.5. The van der Waals surface area contributed by atoms with Crippen LogP contribution >= 0.6 is 0 Å². The molecule has 0 bridgehead atoms. The summed E-state index contributed by atoms with van der Waals surface area (Å²) in [6.45, 7) is 0. The molecular formula is C11H8F3N3O2S. The summed E-state index contributed by atoms with van der Waals surface area (Å²) in [5, 5.41) is 0. The molecule has 3 N–H and O–H groups in total. The summed E-state index contributed by atoms with van der Waals surface area (Å²) in [4.78, 5) is 2.49. The minimum atomic E-state index is -4.43. The molecule has 1 aromatic carbocycles. The molecule has 20 heavy (non-hydrogen) atoms. The van der Waals surface area contributed by atoms with E-state index in [1.54, 1.807) is 0 Å². The van der Waals surface area contributed by atoms with Crippen LogP contribution in [0.3, 0.4) is 0 Å². The molecule has 0 saturated carbocycles. The highest BCUT2D eigenvalue weighted by molar-refractivity contribution is 7.92. The zero-order valence-corrected chi connectivity index (χ0v) is 10.6. The van der Waals surface area contributed by atoms with Crippen molar-refractivity contribution in [1.29, 1.82) is 0 Å². The van der Waals surface area contributed by atoms with Crippen molar-refractivity contribution in [3.63, 3.8) is 0 Å². The van der Waals surface area contributed by atoms with Crippen molar-refractivity contribution in [2.24, 2.45) is 0 Å². The van der Waals surface area contributed by atoms with Crippen LogP contribution in [0.4, 0.5) is 24.7 Å². The normalized spacial score (nSPS) is 11.3. The van der Waals surface area contributed by atoms with Crippen molar-refractivity contribution in [2.45, 2.75) is 4.90 Å². The van der Waals surface area contributed by atoms with Gasteiger partial charge in [-0.15, -0.1) is 0 Å². The summed E-state index contributed by atoms with van der Waals surface area (Å²) in [6, 6.07) is 3.42. The Kier molecular flexibility index (Phi) is 3.53. The van der Waals surface area contributed by atoms with Crippen molar-refractivity contribution in [2.75, 3.05) is 10.5 Å². The van der Waals surface area contributed by atoms with Gasteiger partial charge in [0.1, 0.15) is 16.5 Å². The third kappa shape index (κ3) is 2.82. The van der Waals surface area contributed by atoms with Gasteiger partial charge < -0.3 is 5.73 Å². The molecule has 5 nitrogen and oxygen atoms in total. The molecule has 0 amide bonds. The molecule has 0 atom stereocenters. The van der Waals surface area contributed by atoms with Gasteiger partial charge in [-0.2, -0.15) is 0 Å². The first kappa shape index (κ1) is 14.1. The van der Waals surface area contributed by atoms with Crippen LogP contribution in [0, 0.1) is 17.5 Å². The van der Waals surface area contributed by atoms with E-state index in [9.17, 15) is 21.6 Å². The van der Waals surface area contributed by atoms with Crippen LogP contribution < -0.4 is 10.5 Å². The highest BCUT2D eigenvalue weighted by Gasteiger charge is 2.23. The third-order valence-corrected chi connectivity index (χ3v) is 3.63. The van der Waals surface area contributed by atoms with Gasteiger partial charge in [-0.1, -0.05) is 0 Å². The fraction of sp³-hybridized carbons (Fsp3) is 0. The first-order valence-corrected chi connectivity index (χ1v) is 6.67. The zero-order valence-electron chi connectivity index (χ0n) is 9.77. The van der Waals surface area contributed by atoms with Crippen molar-refractivity contribution < 1.29 is 21.6 Å². The Morgan fingerprint density at radius 1 is 1.15 bits per heavy atom. The van der Waals surface area contributed by atoms with E-state index in [1.807, 2.05) is 4.72 Å². The van der Waals surface area contributed by atoms with Gasteiger partial charge in [0.15, 0.2) is 11.6 Å². The van der Waals surface area contributed by atoms with Gasteiger partial charge in [0.05, 0.1) is 6.20 Å². The number of hydrogen-bond donors (Lipinski definition) is 2. The Hall–Kier alpha value is -2.29. The van der Waals surface area contributed by atoms with E-state index in [-0.39, 0.29) is 11.5 Å². The number of halogens is 3. The first-order chi connectivity index (χ1) is 9.29. The highest BCUT2D eigenvalue weighted by Crippen LogP contribution is 2.22. The van der Waals surface area contributed by atoms with Crippen LogP contribution in [-0.4, -0.2) is 13.4 Å². The van der Waals surface area contributed by atoms with Gasteiger partial charge in [-0.05, 0) is 24.3 Å². The summed E-state index contributed by atoms with van der Waals surface area (Å²) in [6.07, 6.45) is 0.772. The van der Waals surface area contributed by atoms with Crippen LogP contribution in [0.2, 0.25) is 0 Å². The lowest BCUT2D eigenvalue weighted by molar-refractivity contribution is 0.486. The monoisotopic (exact) mass is 303 g/mol. The van der Waals surface area contributed by atoms with Gasteiger partial charge in [0, 0.05) is 5.69 Å². The second kappa shape index (κ2) is 5.00. The number of aromatic nitrogens is 1. The highest BCUT2D eigenvalue weighted by atomic mass is 32.2. The van der Waals surface area contributed by atoms with Gasteiger partial charge >= 0.3 is 0 Å². The first-order valence-electron chi connectivity index (χ1n) is 5.18. The Labute approximate surface area is 112 Å². The second-order valence-electron chi connectivity index (χ2n) is 3.78. The van der Waals surface area contributed by atoms with Crippen molar-refractivity contribution in [3.8, 4) is 0 Å². The molecule has 0 radical (unpaired) electrons. The number of rotatable bonds is 3.